The van der Waals surface area contributed by atoms with E-state index in [0.717, 1.165) is 30.9 Å². The summed E-state index contributed by atoms with van der Waals surface area (Å²) in [6, 6.07) is 6.68. The van der Waals surface area contributed by atoms with Gasteiger partial charge in [-0.3, -0.25) is 0 Å². The fourth-order valence-electron chi connectivity index (χ4n) is 6.35. The second kappa shape index (κ2) is 6.22. The lowest BCUT2D eigenvalue weighted by molar-refractivity contribution is -0.0885. The van der Waals surface area contributed by atoms with E-state index in [0.29, 0.717) is 11.8 Å². The lowest BCUT2D eigenvalue weighted by Gasteiger charge is -2.53. The average molecular weight is 359 g/mol. The Bertz CT molecular complexity index is 733. The number of hydrogen-bond donors (Lipinski definition) is 0. The molecule has 0 aromatic heterocycles. The zero-order chi connectivity index (χ0) is 17.7. The third kappa shape index (κ3) is 2.36. The molecule has 1 aromatic carbocycles. The smallest absolute Gasteiger partial charge is 0.135 e. The van der Waals surface area contributed by atoms with Crippen LogP contribution in [0.25, 0.3) is 0 Å². The van der Waals surface area contributed by atoms with Crippen LogP contribution in [0.4, 0.5) is 0 Å². The fourth-order valence-corrected chi connectivity index (χ4v) is 6.50. The Hall–Kier alpha value is -1.17. The van der Waals surface area contributed by atoms with Crippen LogP contribution in [0.15, 0.2) is 18.2 Å². The molecular formula is C22H27ClO2. The topological polar surface area (TPSA) is 18.5 Å². The molecule has 0 aliphatic heterocycles. The molecule has 0 spiro atoms. The Kier molecular flexibility index (Phi) is 4.29. The first-order valence-electron chi connectivity index (χ1n) is 9.43. The normalized spacial score (nSPS) is 38.8. The van der Waals surface area contributed by atoms with E-state index in [1.54, 1.807) is 12.7 Å². The van der Waals surface area contributed by atoms with Gasteiger partial charge in [-0.05, 0) is 91.1 Å². The molecule has 3 heteroatoms. The predicted molar refractivity (Wildman–Crippen MR) is 101 cm³/mol. The molecule has 0 saturated heterocycles. The molecule has 2 nitrogen and oxygen atoms in total. The van der Waals surface area contributed by atoms with Gasteiger partial charge in [0.25, 0.3) is 0 Å². The predicted octanol–water partition coefficient (Wildman–Crippen LogP) is 5.14. The summed E-state index contributed by atoms with van der Waals surface area (Å²) in [4.78, 5) is 0. The zero-order valence-corrected chi connectivity index (χ0v) is 16.2. The number of fused-ring (bicyclic) bond motifs is 5. The van der Waals surface area contributed by atoms with Gasteiger partial charge < -0.3 is 9.47 Å². The number of benzene rings is 1. The third-order valence-corrected chi connectivity index (χ3v) is 7.75. The van der Waals surface area contributed by atoms with Gasteiger partial charge in [0.2, 0.25) is 0 Å². The van der Waals surface area contributed by atoms with Gasteiger partial charge in [0.1, 0.15) is 11.4 Å². The van der Waals surface area contributed by atoms with Crippen molar-refractivity contribution in [3.8, 4) is 17.0 Å². The number of aryl methyl sites for hydroxylation is 1. The second-order valence-electron chi connectivity index (χ2n) is 8.23. The summed E-state index contributed by atoms with van der Waals surface area (Å²) in [6.45, 7) is 2.40. The van der Waals surface area contributed by atoms with E-state index in [9.17, 15) is 0 Å². The first-order chi connectivity index (χ1) is 12.1. The summed E-state index contributed by atoms with van der Waals surface area (Å²) in [7, 11) is 3.56. The van der Waals surface area contributed by atoms with Crippen molar-refractivity contribution >= 4 is 11.6 Å². The number of ether oxygens (including phenoxy) is 2. The molecule has 1 unspecified atom stereocenters. The third-order valence-electron chi connectivity index (χ3n) is 7.65. The number of hydrogen-bond acceptors (Lipinski definition) is 2. The fraction of sp³-hybridized carbons (Fsp3) is 0.636. The highest BCUT2D eigenvalue weighted by Crippen LogP contribution is 2.65. The maximum absolute atomic E-state index is 6.02. The molecule has 0 amide bonds. The van der Waals surface area contributed by atoms with Crippen LogP contribution in [0.1, 0.15) is 56.1 Å². The summed E-state index contributed by atoms with van der Waals surface area (Å²) in [5.74, 6) is 6.30. The molecule has 0 N–H and O–H groups in total. The molecule has 3 aliphatic rings. The monoisotopic (exact) mass is 358 g/mol. The Morgan fingerprint density at radius 3 is 2.72 bits per heavy atom. The maximum Gasteiger partial charge on any atom is 0.135 e. The van der Waals surface area contributed by atoms with E-state index < -0.39 is 0 Å². The van der Waals surface area contributed by atoms with E-state index in [4.69, 9.17) is 21.1 Å². The summed E-state index contributed by atoms with van der Waals surface area (Å²) in [5.41, 5.74) is 2.78. The van der Waals surface area contributed by atoms with Crippen LogP contribution in [0.2, 0.25) is 0 Å². The van der Waals surface area contributed by atoms with Crippen LogP contribution < -0.4 is 4.74 Å². The molecule has 25 heavy (non-hydrogen) atoms. The van der Waals surface area contributed by atoms with Crippen LogP contribution in [0.3, 0.4) is 0 Å². The van der Waals surface area contributed by atoms with Crippen molar-refractivity contribution in [1.82, 2.24) is 0 Å². The lowest BCUT2D eigenvalue weighted by atomic mass is 9.53. The van der Waals surface area contributed by atoms with Gasteiger partial charge in [0.15, 0.2) is 0 Å². The van der Waals surface area contributed by atoms with Gasteiger partial charge in [-0.15, -0.1) is 0 Å². The van der Waals surface area contributed by atoms with Gasteiger partial charge in [-0.25, -0.2) is 0 Å². The molecule has 134 valence electrons. The largest absolute Gasteiger partial charge is 0.497 e. The van der Waals surface area contributed by atoms with Crippen LogP contribution in [-0.4, -0.2) is 19.8 Å². The van der Waals surface area contributed by atoms with Crippen molar-refractivity contribution in [3.63, 3.8) is 0 Å². The van der Waals surface area contributed by atoms with Gasteiger partial charge in [0.05, 0.1) is 7.11 Å². The Morgan fingerprint density at radius 1 is 1.16 bits per heavy atom. The van der Waals surface area contributed by atoms with Crippen LogP contribution in [-0.2, 0) is 11.2 Å². The maximum atomic E-state index is 6.02. The van der Waals surface area contributed by atoms with Crippen molar-refractivity contribution in [1.29, 1.82) is 0 Å². The quantitative estimate of drug-likeness (QED) is 0.682. The SMILES string of the molecule is COc1ccc2c(c1)CC[C@H]1[C@@H]2CC[C@@]2(C)[C@H]1CCC2(C#CCl)OC. The average Bonchev–Trinajstić information content (AvgIpc) is 2.94. The van der Waals surface area contributed by atoms with Crippen molar-refractivity contribution < 1.29 is 9.47 Å². The van der Waals surface area contributed by atoms with Gasteiger partial charge >= 0.3 is 0 Å². The highest BCUT2D eigenvalue weighted by Gasteiger charge is 2.62. The van der Waals surface area contributed by atoms with Crippen molar-refractivity contribution in [2.45, 2.75) is 57.0 Å². The van der Waals surface area contributed by atoms with E-state index in [-0.39, 0.29) is 11.0 Å². The van der Waals surface area contributed by atoms with Gasteiger partial charge in [-0.1, -0.05) is 18.9 Å². The van der Waals surface area contributed by atoms with E-state index in [1.165, 1.54) is 24.8 Å². The molecule has 2 fully saturated rings. The van der Waals surface area contributed by atoms with E-state index in [1.807, 2.05) is 7.11 Å². The van der Waals surface area contributed by atoms with Gasteiger partial charge in [0, 0.05) is 17.9 Å². The molecule has 4 rings (SSSR count). The minimum Gasteiger partial charge on any atom is -0.497 e. The van der Waals surface area contributed by atoms with Gasteiger partial charge in [-0.2, -0.15) is 0 Å². The highest BCUT2D eigenvalue weighted by atomic mass is 35.5. The Balaban J connectivity index is 1.69. The number of halogens is 1. The van der Waals surface area contributed by atoms with E-state index >= 15 is 0 Å². The number of methoxy groups -OCH3 is 2. The molecule has 0 bridgehead atoms. The Morgan fingerprint density at radius 2 is 2.00 bits per heavy atom. The zero-order valence-electron chi connectivity index (χ0n) is 15.4. The van der Waals surface area contributed by atoms with Crippen LogP contribution in [0, 0.1) is 28.6 Å². The van der Waals surface area contributed by atoms with Crippen LogP contribution in [0.5, 0.6) is 5.75 Å². The first-order valence-corrected chi connectivity index (χ1v) is 9.81. The second-order valence-corrected chi connectivity index (χ2v) is 8.41. The van der Waals surface area contributed by atoms with Crippen molar-refractivity contribution in [2.75, 3.05) is 14.2 Å². The number of rotatable bonds is 2. The van der Waals surface area contributed by atoms with Crippen molar-refractivity contribution in [2.24, 2.45) is 17.3 Å². The molecule has 0 radical (unpaired) electrons. The summed E-state index contributed by atoms with van der Waals surface area (Å²) in [5, 5.41) is 2.64. The first kappa shape index (κ1) is 17.3. The molecular weight excluding hydrogens is 332 g/mol. The molecule has 0 heterocycles. The van der Waals surface area contributed by atoms with Crippen molar-refractivity contribution in [3.05, 3.63) is 29.3 Å². The molecule has 2 saturated carbocycles. The van der Waals surface area contributed by atoms with E-state index in [2.05, 4.69) is 36.4 Å². The summed E-state index contributed by atoms with van der Waals surface area (Å²) >= 11 is 5.82. The molecule has 3 aliphatic carbocycles. The lowest BCUT2D eigenvalue weighted by Crippen LogP contribution is -2.51. The highest BCUT2D eigenvalue weighted by molar-refractivity contribution is 6.30. The van der Waals surface area contributed by atoms with Crippen LogP contribution >= 0.6 is 11.6 Å². The standard InChI is InChI=1S/C22H27ClO2/c1-21-10-8-18-17-7-5-16(24-2)14-15(17)4-6-19(18)20(21)9-11-22(21,25-3)12-13-23/h5,7,14,18-20H,4,6,8-11H2,1-3H3/t18-,19+,20+,21+,22?/m1/s1. The minimum atomic E-state index is -0.370. The summed E-state index contributed by atoms with van der Waals surface area (Å²) < 4.78 is 11.4. The minimum absolute atomic E-state index is 0.106. The Labute approximate surface area is 156 Å². The summed E-state index contributed by atoms with van der Waals surface area (Å²) in [6.07, 6.45) is 6.99. The molecule has 1 aromatic rings. The molecule has 5 atom stereocenters.